The van der Waals surface area contributed by atoms with Crippen molar-refractivity contribution in [1.29, 1.82) is 0 Å². The van der Waals surface area contributed by atoms with E-state index in [1.54, 1.807) is 37.5 Å². The monoisotopic (exact) mass is 552 g/mol. The first kappa shape index (κ1) is 28.2. The Bertz CT molecular complexity index is 1270. The van der Waals surface area contributed by atoms with Gasteiger partial charge in [-0.25, -0.2) is 4.39 Å². The minimum atomic E-state index is -4.47. The number of hydrogen-bond acceptors (Lipinski definition) is 6. The van der Waals surface area contributed by atoms with Gasteiger partial charge in [0.25, 0.3) is 5.91 Å². The molecular weight excluding hydrogens is 520 g/mol. The van der Waals surface area contributed by atoms with Crippen molar-refractivity contribution in [2.45, 2.75) is 49.8 Å². The first-order chi connectivity index (χ1) is 18.0. The Labute approximate surface area is 223 Å². The molecule has 0 spiro atoms. The van der Waals surface area contributed by atoms with Crippen LogP contribution in [0, 0.1) is 0 Å². The molecule has 0 aliphatic carbocycles. The first-order valence-electron chi connectivity index (χ1n) is 12.5. The number of amides is 1. The summed E-state index contributed by atoms with van der Waals surface area (Å²) in [7, 11) is 3.65. The number of pyridine rings is 1. The molecule has 0 saturated carbocycles. The Balaban J connectivity index is 1.58. The first-order valence-corrected chi connectivity index (χ1v) is 13.5. The minimum absolute atomic E-state index is 0.0557. The Morgan fingerprint density at radius 1 is 1.26 bits per heavy atom. The van der Waals surface area contributed by atoms with E-state index in [-0.39, 0.29) is 11.6 Å². The van der Waals surface area contributed by atoms with Gasteiger partial charge in [0.2, 0.25) is 0 Å². The third-order valence-corrected chi connectivity index (χ3v) is 7.89. The number of benzene rings is 1. The number of anilines is 1. The standard InChI is InChI=1S/C26H32F4N6OS/c1-16(26(28,29)30)23-19-7-4-8-21(34-22-9-11-35(2)15-38-24(22)27)20(19)12-18(33-23)6-5-10-31-25(37)17-13-32-36(3)14-17/h4,7-8,12-14,16,22,24,34H,5-6,9-11,15H2,1-3H3,(H,31,37)/t16?,22-,24+/m1/s1. The topological polar surface area (TPSA) is 75.1 Å². The summed E-state index contributed by atoms with van der Waals surface area (Å²) < 4.78 is 57.8. The molecule has 3 aromatic rings. The van der Waals surface area contributed by atoms with Crippen LogP contribution in [-0.4, -0.2) is 69.3 Å². The number of carbonyl (C=O) groups excluding carboxylic acids is 1. The van der Waals surface area contributed by atoms with Crippen LogP contribution in [0.15, 0.2) is 36.7 Å². The Morgan fingerprint density at radius 3 is 2.76 bits per heavy atom. The third kappa shape index (κ3) is 6.76. The summed E-state index contributed by atoms with van der Waals surface area (Å²) in [4.78, 5) is 18.7. The van der Waals surface area contributed by atoms with E-state index in [2.05, 4.69) is 20.7 Å². The summed E-state index contributed by atoms with van der Waals surface area (Å²) in [5.41, 5.74) is 0.306. The van der Waals surface area contributed by atoms with Crippen molar-refractivity contribution < 1.29 is 22.4 Å². The zero-order valence-corrected chi connectivity index (χ0v) is 22.4. The van der Waals surface area contributed by atoms with Gasteiger partial charge in [0.1, 0.15) is 0 Å². The Hall–Kier alpha value is -2.86. The molecule has 3 heterocycles. The van der Waals surface area contributed by atoms with E-state index in [4.69, 9.17) is 0 Å². The number of hydrogen-bond donors (Lipinski definition) is 2. The molecule has 1 aliphatic rings. The molecule has 38 heavy (non-hydrogen) atoms. The van der Waals surface area contributed by atoms with Gasteiger partial charge in [0.15, 0.2) is 5.50 Å². The number of rotatable bonds is 8. The van der Waals surface area contributed by atoms with Crippen molar-refractivity contribution in [3.63, 3.8) is 0 Å². The molecule has 1 saturated heterocycles. The van der Waals surface area contributed by atoms with Crippen molar-refractivity contribution >= 4 is 34.1 Å². The lowest BCUT2D eigenvalue weighted by Crippen LogP contribution is -2.29. The van der Waals surface area contributed by atoms with Crippen molar-refractivity contribution in [3.05, 3.63) is 53.6 Å². The molecule has 4 rings (SSSR count). The number of fused-ring (bicyclic) bond motifs is 1. The van der Waals surface area contributed by atoms with E-state index in [0.29, 0.717) is 65.9 Å². The number of aromatic nitrogens is 3. The molecule has 2 N–H and O–H groups in total. The van der Waals surface area contributed by atoms with Crippen LogP contribution in [0.1, 0.15) is 47.4 Å². The van der Waals surface area contributed by atoms with Gasteiger partial charge >= 0.3 is 6.18 Å². The molecule has 0 radical (unpaired) electrons. The van der Waals surface area contributed by atoms with Crippen LogP contribution in [0.4, 0.5) is 23.2 Å². The summed E-state index contributed by atoms with van der Waals surface area (Å²) >= 11 is 1.21. The number of carbonyl (C=O) groups is 1. The highest BCUT2D eigenvalue weighted by atomic mass is 32.2. The number of nitrogens with one attached hydrogen (secondary N) is 2. The predicted octanol–water partition coefficient (Wildman–Crippen LogP) is 5.10. The largest absolute Gasteiger partial charge is 0.397 e. The Morgan fingerprint density at radius 2 is 2.05 bits per heavy atom. The Kier molecular flexibility index (Phi) is 8.81. The van der Waals surface area contributed by atoms with Crippen LogP contribution in [-0.2, 0) is 13.5 Å². The van der Waals surface area contributed by atoms with Crippen molar-refractivity contribution in [1.82, 2.24) is 25.0 Å². The van der Waals surface area contributed by atoms with E-state index < -0.39 is 23.6 Å². The van der Waals surface area contributed by atoms with Gasteiger partial charge in [-0.15, -0.1) is 11.8 Å². The second-order valence-corrected chi connectivity index (χ2v) is 10.7. The van der Waals surface area contributed by atoms with E-state index in [1.807, 2.05) is 11.9 Å². The number of nitrogens with zero attached hydrogens (tertiary/aromatic N) is 4. The van der Waals surface area contributed by atoms with Crippen LogP contribution < -0.4 is 10.6 Å². The highest BCUT2D eigenvalue weighted by Crippen LogP contribution is 2.39. The summed E-state index contributed by atoms with van der Waals surface area (Å²) in [6, 6.07) is 6.38. The highest BCUT2D eigenvalue weighted by molar-refractivity contribution is 7.99. The lowest BCUT2D eigenvalue weighted by Gasteiger charge is -2.23. The lowest BCUT2D eigenvalue weighted by atomic mass is 9.97. The predicted molar refractivity (Wildman–Crippen MR) is 142 cm³/mol. The molecule has 1 fully saturated rings. The lowest BCUT2D eigenvalue weighted by molar-refractivity contribution is -0.146. The third-order valence-electron chi connectivity index (χ3n) is 6.65. The van der Waals surface area contributed by atoms with Gasteiger partial charge in [0, 0.05) is 54.4 Å². The van der Waals surface area contributed by atoms with Gasteiger partial charge in [0.05, 0.1) is 29.4 Å². The number of alkyl halides is 4. The second kappa shape index (κ2) is 11.9. The van der Waals surface area contributed by atoms with Gasteiger partial charge in [-0.3, -0.25) is 19.4 Å². The van der Waals surface area contributed by atoms with Crippen molar-refractivity contribution in [2.75, 3.05) is 31.3 Å². The smallest absolute Gasteiger partial charge is 0.378 e. The molecule has 1 aliphatic heterocycles. The minimum Gasteiger partial charge on any atom is -0.378 e. The van der Waals surface area contributed by atoms with Crippen LogP contribution in [0.2, 0.25) is 0 Å². The summed E-state index contributed by atoms with van der Waals surface area (Å²) in [5.74, 6) is -1.47. The molecule has 0 bridgehead atoms. The zero-order chi connectivity index (χ0) is 27.4. The van der Waals surface area contributed by atoms with E-state index in [0.717, 1.165) is 6.92 Å². The van der Waals surface area contributed by atoms with Gasteiger partial charge in [-0.05, 0) is 45.4 Å². The van der Waals surface area contributed by atoms with E-state index in [9.17, 15) is 22.4 Å². The molecule has 1 amide bonds. The van der Waals surface area contributed by atoms with Crippen molar-refractivity contribution in [3.8, 4) is 0 Å². The molecule has 12 heteroatoms. The normalized spacial score (nSPS) is 19.8. The van der Waals surface area contributed by atoms with Crippen LogP contribution in [0.3, 0.4) is 0 Å². The molecule has 1 unspecified atom stereocenters. The molecule has 3 atom stereocenters. The fourth-order valence-electron chi connectivity index (χ4n) is 4.42. The second-order valence-electron chi connectivity index (χ2n) is 9.69. The summed E-state index contributed by atoms with van der Waals surface area (Å²) in [6.07, 6.45) is 0.0233. The number of aryl methyl sites for hydroxylation is 2. The highest BCUT2D eigenvalue weighted by Gasteiger charge is 2.39. The van der Waals surface area contributed by atoms with Crippen LogP contribution in [0.25, 0.3) is 10.8 Å². The fourth-order valence-corrected chi connectivity index (χ4v) is 5.38. The molecule has 206 valence electrons. The molecule has 7 nitrogen and oxygen atoms in total. The quantitative estimate of drug-likeness (QED) is 0.299. The SMILES string of the molecule is CC(c1nc(CCCNC(=O)c2cnn(C)c2)cc2c(N[C@@H]3CCN(C)CS[C@@H]3F)cccc12)C(F)(F)F. The van der Waals surface area contributed by atoms with Gasteiger partial charge < -0.3 is 10.6 Å². The summed E-state index contributed by atoms with van der Waals surface area (Å²) in [5, 5.41) is 11.0. The maximum Gasteiger partial charge on any atom is 0.397 e. The maximum absolute atomic E-state index is 14.9. The molecular formula is C26H32F4N6OS. The average molecular weight is 553 g/mol. The van der Waals surface area contributed by atoms with Crippen molar-refractivity contribution in [2.24, 2.45) is 7.05 Å². The average Bonchev–Trinajstić information content (AvgIpc) is 3.25. The van der Waals surface area contributed by atoms with E-state index >= 15 is 0 Å². The fraction of sp³-hybridized carbons (Fsp3) is 0.500. The zero-order valence-electron chi connectivity index (χ0n) is 21.6. The van der Waals surface area contributed by atoms with Gasteiger partial charge in [-0.1, -0.05) is 12.1 Å². The number of halogens is 4. The molecule has 1 aromatic carbocycles. The van der Waals surface area contributed by atoms with Gasteiger partial charge in [-0.2, -0.15) is 18.3 Å². The summed E-state index contributed by atoms with van der Waals surface area (Å²) in [6.45, 7) is 2.15. The van der Waals surface area contributed by atoms with Crippen LogP contribution in [0.5, 0.6) is 0 Å². The van der Waals surface area contributed by atoms with Crippen LogP contribution >= 0.6 is 11.8 Å². The molecule has 2 aromatic heterocycles. The van der Waals surface area contributed by atoms with E-state index in [1.165, 1.54) is 22.6 Å². The number of thioether (sulfide) groups is 1. The maximum atomic E-state index is 14.9.